The normalized spacial score (nSPS) is 15.0. The molecule has 132 valence electrons. The number of anilines is 1. The Balaban J connectivity index is 0.000000413. The predicted molar refractivity (Wildman–Crippen MR) is 85.9 cm³/mol. The molecule has 1 amide bonds. The van der Waals surface area contributed by atoms with Crippen molar-refractivity contribution < 1.29 is 29.7 Å². The second kappa shape index (κ2) is 9.48. The van der Waals surface area contributed by atoms with E-state index in [1.54, 1.807) is 24.3 Å². The molecule has 0 unspecified atom stereocenters. The second-order valence-corrected chi connectivity index (χ2v) is 5.29. The Hall–Kier alpha value is -2.65. The number of rotatable bonds is 3. The maximum atomic E-state index is 11.8. The molecule has 0 radical (unpaired) electrons. The zero-order valence-corrected chi connectivity index (χ0v) is 13.3. The summed E-state index contributed by atoms with van der Waals surface area (Å²) < 4.78 is 0. The predicted octanol–water partition coefficient (Wildman–Crippen LogP) is -0.266. The number of carboxylic acid groups (broad SMARTS) is 2. The molecular formula is C15H21N3O6. The van der Waals surface area contributed by atoms with Gasteiger partial charge in [-0.05, 0) is 19.2 Å². The molecule has 0 saturated carbocycles. The van der Waals surface area contributed by atoms with E-state index >= 15 is 0 Å². The lowest BCUT2D eigenvalue weighted by atomic mass is 10.3. The number of phenols is 1. The van der Waals surface area contributed by atoms with Crippen molar-refractivity contribution in [1.82, 2.24) is 9.80 Å². The summed E-state index contributed by atoms with van der Waals surface area (Å²) in [5.74, 6) is -3.53. The minimum atomic E-state index is -1.82. The molecule has 2 rings (SSSR count). The number of phenolic OH excluding ortho intramolecular Hbond substituents is 1. The van der Waals surface area contributed by atoms with E-state index in [0.717, 1.165) is 26.2 Å². The molecule has 1 heterocycles. The maximum Gasteiger partial charge on any atom is 0.414 e. The van der Waals surface area contributed by atoms with Crippen LogP contribution in [0.15, 0.2) is 24.3 Å². The molecule has 0 spiro atoms. The number of hydrogen-bond acceptors (Lipinski definition) is 6. The first-order valence-electron chi connectivity index (χ1n) is 7.24. The van der Waals surface area contributed by atoms with Crippen molar-refractivity contribution >= 4 is 23.5 Å². The van der Waals surface area contributed by atoms with E-state index in [1.807, 2.05) is 0 Å². The lowest BCUT2D eigenvalue weighted by molar-refractivity contribution is -0.159. The molecule has 1 saturated heterocycles. The number of carbonyl (C=O) groups is 3. The van der Waals surface area contributed by atoms with Gasteiger partial charge < -0.3 is 25.5 Å². The van der Waals surface area contributed by atoms with Crippen molar-refractivity contribution in [2.75, 3.05) is 45.1 Å². The fraction of sp³-hybridized carbons (Fsp3) is 0.400. The quantitative estimate of drug-likeness (QED) is 0.554. The highest BCUT2D eigenvalue weighted by Crippen LogP contribution is 2.15. The van der Waals surface area contributed by atoms with Crippen molar-refractivity contribution in [1.29, 1.82) is 0 Å². The van der Waals surface area contributed by atoms with Crippen molar-refractivity contribution in [2.24, 2.45) is 0 Å². The Morgan fingerprint density at radius 3 is 2.17 bits per heavy atom. The van der Waals surface area contributed by atoms with Crippen LogP contribution in [0.2, 0.25) is 0 Å². The molecule has 9 heteroatoms. The van der Waals surface area contributed by atoms with Crippen LogP contribution in [0.25, 0.3) is 0 Å². The van der Waals surface area contributed by atoms with Crippen molar-refractivity contribution in [3.05, 3.63) is 24.3 Å². The van der Waals surface area contributed by atoms with Crippen molar-refractivity contribution in [3.63, 3.8) is 0 Å². The number of nitrogens with one attached hydrogen (secondary N) is 1. The number of nitrogens with zero attached hydrogens (tertiary/aromatic N) is 2. The van der Waals surface area contributed by atoms with Crippen LogP contribution in [0.4, 0.5) is 5.69 Å². The first-order valence-corrected chi connectivity index (χ1v) is 7.24. The summed E-state index contributed by atoms with van der Waals surface area (Å²) in [5, 5.41) is 26.9. The van der Waals surface area contributed by atoms with Crippen LogP contribution in [-0.2, 0) is 14.4 Å². The molecule has 0 aliphatic carbocycles. The molecule has 0 aromatic heterocycles. The van der Waals surface area contributed by atoms with Crippen LogP contribution in [0, 0.1) is 0 Å². The number of piperazine rings is 1. The standard InChI is InChI=1S/C13H19N3O2.C2H2O4/c1-15-5-7-16(8-6-15)10-13(18)14-11-3-2-4-12(17)9-11;3-1(4)2(5)6/h2-4,9,17H,5-8,10H2,1H3,(H,14,18);(H,3,4)(H,5,6). The molecule has 0 bridgehead atoms. The van der Waals surface area contributed by atoms with Gasteiger partial charge in [0.05, 0.1) is 6.54 Å². The van der Waals surface area contributed by atoms with Gasteiger partial charge in [0.1, 0.15) is 5.75 Å². The third kappa shape index (κ3) is 7.56. The van der Waals surface area contributed by atoms with E-state index in [0.29, 0.717) is 12.2 Å². The van der Waals surface area contributed by atoms with Gasteiger partial charge in [-0.3, -0.25) is 9.69 Å². The van der Waals surface area contributed by atoms with Gasteiger partial charge >= 0.3 is 11.9 Å². The van der Waals surface area contributed by atoms with Crippen LogP contribution in [0.1, 0.15) is 0 Å². The first-order chi connectivity index (χ1) is 11.3. The molecule has 4 N–H and O–H groups in total. The summed E-state index contributed by atoms with van der Waals surface area (Å²) in [6, 6.07) is 6.60. The lowest BCUT2D eigenvalue weighted by Crippen LogP contribution is -2.47. The highest BCUT2D eigenvalue weighted by molar-refractivity contribution is 6.27. The minimum Gasteiger partial charge on any atom is -0.508 e. The first kappa shape index (κ1) is 19.4. The average molecular weight is 339 g/mol. The molecule has 1 fully saturated rings. The number of benzene rings is 1. The van der Waals surface area contributed by atoms with Crippen molar-refractivity contribution in [3.8, 4) is 5.75 Å². The summed E-state index contributed by atoms with van der Waals surface area (Å²) >= 11 is 0. The number of carbonyl (C=O) groups excluding carboxylic acids is 1. The number of carboxylic acids is 2. The number of likely N-dealkylation sites (N-methyl/N-ethyl adjacent to an activating group) is 1. The van der Waals surface area contributed by atoms with Gasteiger partial charge in [0.25, 0.3) is 0 Å². The number of aliphatic carboxylic acids is 2. The highest BCUT2D eigenvalue weighted by Gasteiger charge is 2.16. The number of hydrogen-bond donors (Lipinski definition) is 4. The molecule has 1 aromatic rings. The van der Waals surface area contributed by atoms with E-state index in [1.165, 1.54) is 0 Å². The third-order valence-electron chi connectivity index (χ3n) is 3.28. The molecular weight excluding hydrogens is 318 g/mol. The zero-order valence-electron chi connectivity index (χ0n) is 13.3. The van der Waals surface area contributed by atoms with E-state index in [2.05, 4.69) is 22.2 Å². The Kier molecular flexibility index (Phi) is 7.66. The molecule has 1 aliphatic heterocycles. The Morgan fingerprint density at radius 1 is 1.08 bits per heavy atom. The molecule has 1 aromatic carbocycles. The minimum absolute atomic E-state index is 0.0369. The van der Waals surface area contributed by atoms with Gasteiger partial charge in [-0.1, -0.05) is 6.07 Å². The molecule has 24 heavy (non-hydrogen) atoms. The van der Waals surface area contributed by atoms with Gasteiger partial charge in [0, 0.05) is 37.9 Å². The van der Waals surface area contributed by atoms with E-state index in [9.17, 15) is 9.90 Å². The second-order valence-electron chi connectivity index (χ2n) is 5.29. The number of aromatic hydroxyl groups is 1. The van der Waals surface area contributed by atoms with E-state index < -0.39 is 11.9 Å². The van der Waals surface area contributed by atoms with Crippen LogP contribution >= 0.6 is 0 Å². The molecule has 0 atom stereocenters. The summed E-state index contributed by atoms with van der Waals surface area (Å²) in [5.41, 5.74) is 0.633. The molecule has 9 nitrogen and oxygen atoms in total. The van der Waals surface area contributed by atoms with Crippen LogP contribution in [0.3, 0.4) is 0 Å². The van der Waals surface area contributed by atoms with Gasteiger partial charge in [-0.25, -0.2) is 9.59 Å². The SMILES string of the molecule is CN1CCN(CC(=O)Nc2cccc(O)c2)CC1.O=C(O)C(=O)O. The zero-order chi connectivity index (χ0) is 18.1. The Bertz CT molecular complexity index is 572. The fourth-order valence-electron chi connectivity index (χ4n) is 1.99. The fourth-order valence-corrected chi connectivity index (χ4v) is 1.99. The smallest absolute Gasteiger partial charge is 0.414 e. The largest absolute Gasteiger partial charge is 0.508 e. The summed E-state index contributed by atoms with van der Waals surface area (Å²) in [6.07, 6.45) is 0. The van der Waals surface area contributed by atoms with Crippen molar-refractivity contribution in [2.45, 2.75) is 0 Å². The van der Waals surface area contributed by atoms with E-state index in [-0.39, 0.29) is 11.7 Å². The van der Waals surface area contributed by atoms with Crippen LogP contribution in [0.5, 0.6) is 5.75 Å². The molecule has 1 aliphatic rings. The highest BCUT2D eigenvalue weighted by atomic mass is 16.4. The third-order valence-corrected chi connectivity index (χ3v) is 3.28. The summed E-state index contributed by atoms with van der Waals surface area (Å²) in [4.78, 5) is 34.4. The maximum absolute atomic E-state index is 11.8. The lowest BCUT2D eigenvalue weighted by Gasteiger charge is -2.31. The Labute approximate surface area is 139 Å². The van der Waals surface area contributed by atoms with Gasteiger partial charge in [-0.2, -0.15) is 0 Å². The van der Waals surface area contributed by atoms with Gasteiger partial charge in [0.15, 0.2) is 0 Å². The van der Waals surface area contributed by atoms with Gasteiger partial charge in [0.2, 0.25) is 5.91 Å². The Morgan fingerprint density at radius 2 is 1.67 bits per heavy atom. The number of amides is 1. The average Bonchev–Trinajstić information content (AvgIpc) is 2.50. The van der Waals surface area contributed by atoms with Crippen LogP contribution < -0.4 is 5.32 Å². The summed E-state index contributed by atoms with van der Waals surface area (Å²) in [7, 11) is 2.09. The van der Waals surface area contributed by atoms with Crippen LogP contribution in [-0.4, -0.2) is 82.7 Å². The van der Waals surface area contributed by atoms with Gasteiger partial charge in [-0.15, -0.1) is 0 Å². The monoisotopic (exact) mass is 339 g/mol. The van der Waals surface area contributed by atoms with E-state index in [4.69, 9.17) is 19.8 Å². The summed E-state index contributed by atoms with van der Waals surface area (Å²) in [6.45, 7) is 4.25. The topological polar surface area (TPSA) is 130 Å².